The lowest BCUT2D eigenvalue weighted by Gasteiger charge is -2.12. The normalized spacial score (nSPS) is 10.6. The van der Waals surface area contributed by atoms with Crippen LogP contribution in [0.25, 0.3) is 11.1 Å². The molecule has 0 unspecified atom stereocenters. The summed E-state index contributed by atoms with van der Waals surface area (Å²) in [5, 5.41) is 17.0. The predicted molar refractivity (Wildman–Crippen MR) is 124 cm³/mol. The summed E-state index contributed by atoms with van der Waals surface area (Å²) in [5.41, 5.74) is 6.24. The van der Waals surface area contributed by atoms with Crippen LogP contribution in [0.2, 0.25) is 5.02 Å². The Bertz CT molecular complexity index is 1080. The maximum Gasteiger partial charge on any atom is 0.335 e. The fourth-order valence-corrected chi connectivity index (χ4v) is 3.05. The van der Waals surface area contributed by atoms with E-state index in [-0.39, 0.29) is 10.7 Å². The second-order valence-corrected chi connectivity index (χ2v) is 6.99. The lowest BCUT2D eigenvalue weighted by Crippen LogP contribution is -2.23. The van der Waals surface area contributed by atoms with Crippen LogP contribution in [0.15, 0.2) is 71.8 Å². The van der Waals surface area contributed by atoms with Crippen molar-refractivity contribution in [2.75, 3.05) is 12.4 Å². The molecule has 0 fully saturated rings. The number of para-hydroxylation sites is 1. The van der Waals surface area contributed by atoms with E-state index in [1.807, 2.05) is 42.5 Å². The molecule has 3 rings (SSSR count). The molecule has 0 radical (unpaired) electrons. The molecule has 3 N–H and O–H groups in total. The van der Waals surface area contributed by atoms with Crippen LogP contribution >= 0.6 is 23.8 Å². The second-order valence-electron chi connectivity index (χ2n) is 6.14. The molecule has 3 aromatic rings. The number of rotatable bonds is 6. The van der Waals surface area contributed by atoms with Crippen LogP contribution in [0.3, 0.4) is 0 Å². The quantitative estimate of drug-likeness (QED) is 0.284. The first-order chi connectivity index (χ1) is 14.5. The molecule has 0 aromatic heterocycles. The van der Waals surface area contributed by atoms with Crippen molar-refractivity contribution in [3.05, 3.63) is 82.9 Å². The van der Waals surface area contributed by atoms with Gasteiger partial charge in [-0.15, -0.1) is 0 Å². The number of nitrogens with zero attached hydrogens (tertiary/aromatic N) is 1. The fraction of sp³-hybridized carbons (Fsp3) is 0.0455. The zero-order valence-electron chi connectivity index (χ0n) is 15.9. The van der Waals surface area contributed by atoms with Crippen molar-refractivity contribution >= 4 is 46.8 Å². The molecule has 0 aliphatic rings. The van der Waals surface area contributed by atoms with E-state index >= 15 is 0 Å². The molecule has 0 bridgehead atoms. The van der Waals surface area contributed by atoms with Crippen molar-refractivity contribution in [3.63, 3.8) is 0 Å². The third-order valence-electron chi connectivity index (χ3n) is 4.16. The minimum Gasteiger partial charge on any atom is -0.495 e. The minimum absolute atomic E-state index is 0.199. The standard InChI is InChI=1S/C22H18ClN3O3S/c1-29-20-16(3-2-4-19(20)14-5-9-17(23)10-6-14)13-24-26-22(30)25-18-11-7-15(8-12-18)21(27)28/h2-13H,1H3,(H,27,28)(H2,25,26,30)/b24-13+. The highest BCUT2D eigenvalue weighted by atomic mass is 35.5. The third kappa shape index (κ3) is 5.34. The Morgan fingerprint density at radius 2 is 1.80 bits per heavy atom. The monoisotopic (exact) mass is 439 g/mol. The maximum atomic E-state index is 10.9. The largest absolute Gasteiger partial charge is 0.495 e. The Balaban J connectivity index is 1.69. The Morgan fingerprint density at radius 3 is 2.43 bits per heavy atom. The van der Waals surface area contributed by atoms with Gasteiger partial charge in [-0.05, 0) is 60.2 Å². The minimum atomic E-state index is -0.985. The number of nitrogens with one attached hydrogen (secondary N) is 2. The van der Waals surface area contributed by atoms with Crippen LogP contribution < -0.4 is 15.5 Å². The number of thiocarbonyl (C=S) groups is 1. The highest BCUT2D eigenvalue weighted by Gasteiger charge is 2.10. The van der Waals surface area contributed by atoms with E-state index in [1.165, 1.54) is 12.1 Å². The van der Waals surface area contributed by atoms with Crippen LogP contribution in [-0.2, 0) is 0 Å². The first kappa shape index (κ1) is 21.3. The summed E-state index contributed by atoms with van der Waals surface area (Å²) in [7, 11) is 1.60. The molecule has 152 valence electrons. The summed E-state index contributed by atoms with van der Waals surface area (Å²) in [6, 6.07) is 19.5. The van der Waals surface area contributed by atoms with Crippen molar-refractivity contribution in [3.8, 4) is 16.9 Å². The summed E-state index contributed by atoms with van der Waals surface area (Å²) in [6.45, 7) is 0. The Morgan fingerprint density at radius 1 is 1.10 bits per heavy atom. The number of halogens is 1. The van der Waals surface area contributed by atoms with Crippen LogP contribution in [0.4, 0.5) is 5.69 Å². The second kappa shape index (κ2) is 9.87. The van der Waals surface area contributed by atoms with Gasteiger partial charge in [0.2, 0.25) is 0 Å². The average Bonchev–Trinajstić information content (AvgIpc) is 2.74. The van der Waals surface area contributed by atoms with E-state index in [0.29, 0.717) is 16.5 Å². The van der Waals surface area contributed by atoms with E-state index in [2.05, 4.69) is 15.8 Å². The van der Waals surface area contributed by atoms with E-state index in [9.17, 15) is 4.79 Å². The summed E-state index contributed by atoms with van der Waals surface area (Å²) >= 11 is 11.2. The van der Waals surface area contributed by atoms with Gasteiger partial charge in [0.1, 0.15) is 5.75 Å². The molecule has 6 nitrogen and oxygen atoms in total. The molecule has 0 heterocycles. The summed E-state index contributed by atoms with van der Waals surface area (Å²) in [5.74, 6) is -0.310. The highest BCUT2D eigenvalue weighted by Crippen LogP contribution is 2.32. The van der Waals surface area contributed by atoms with E-state index in [1.54, 1.807) is 25.5 Å². The SMILES string of the molecule is COc1c(/C=N/NC(=S)Nc2ccc(C(=O)O)cc2)cccc1-c1ccc(Cl)cc1. The van der Waals surface area contributed by atoms with Crippen molar-refractivity contribution in [1.82, 2.24) is 5.43 Å². The number of aromatic carboxylic acids is 1. The van der Waals surface area contributed by atoms with Gasteiger partial charge >= 0.3 is 5.97 Å². The fourth-order valence-electron chi connectivity index (χ4n) is 2.76. The first-order valence-corrected chi connectivity index (χ1v) is 9.63. The summed E-state index contributed by atoms with van der Waals surface area (Å²) in [4.78, 5) is 10.9. The van der Waals surface area contributed by atoms with Crippen molar-refractivity contribution in [2.45, 2.75) is 0 Å². The Labute approximate surface area is 184 Å². The summed E-state index contributed by atoms with van der Waals surface area (Å²) < 4.78 is 5.60. The molecule has 3 aromatic carbocycles. The molecule has 0 atom stereocenters. The third-order valence-corrected chi connectivity index (χ3v) is 4.61. The van der Waals surface area contributed by atoms with Gasteiger partial charge in [-0.2, -0.15) is 5.10 Å². The smallest absolute Gasteiger partial charge is 0.335 e. The van der Waals surface area contributed by atoms with Crippen molar-refractivity contribution < 1.29 is 14.6 Å². The lowest BCUT2D eigenvalue weighted by atomic mass is 10.0. The first-order valence-electron chi connectivity index (χ1n) is 8.84. The number of benzene rings is 3. The molecule has 0 amide bonds. The maximum absolute atomic E-state index is 10.9. The van der Waals surface area contributed by atoms with Gasteiger partial charge in [0.05, 0.1) is 18.9 Å². The summed E-state index contributed by atoms with van der Waals surface area (Å²) in [6.07, 6.45) is 1.61. The zero-order valence-corrected chi connectivity index (χ0v) is 17.5. The molecule has 0 saturated heterocycles. The Kier molecular flexibility index (Phi) is 7.00. The van der Waals surface area contributed by atoms with Gasteiger partial charge in [0.25, 0.3) is 0 Å². The van der Waals surface area contributed by atoms with Gasteiger partial charge in [-0.1, -0.05) is 35.9 Å². The molecule has 0 saturated carbocycles. The van der Waals surface area contributed by atoms with Crippen LogP contribution in [0, 0.1) is 0 Å². The number of hydrogen-bond acceptors (Lipinski definition) is 4. The topological polar surface area (TPSA) is 83.0 Å². The number of anilines is 1. The van der Waals surface area contributed by atoms with Gasteiger partial charge in [0.15, 0.2) is 5.11 Å². The molecular weight excluding hydrogens is 422 g/mol. The number of carbonyl (C=O) groups is 1. The number of methoxy groups -OCH3 is 1. The highest BCUT2D eigenvalue weighted by molar-refractivity contribution is 7.80. The molecule has 0 aliphatic carbocycles. The zero-order chi connectivity index (χ0) is 21.5. The average molecular weight is 440 g/mol. The number of carboxylic acid groups (broad SMARTS) is 1. The molecule has 30 heavy (non-hydrogen) atoms. The van der Waals surface area contributed by atoms with E-state index < -0.39 is 5.97 Å². The lowest BCUT2D eigenvalue weighted by molar-refractivity contribution is 0.0697. The molecule has 8 heteroatoms. The number of hydrogen-bond donors (Lipinski definition) is 3. The van der Waals surface area contributed by atoms with Crippen molar-refractivity contribution in [2.24, 2.45) is 5.10 Å². The van der Waals surface area contributed by atoms with Crippen molar-refractivity contribution in [1.29, 1.82) is 0 Å². The Hall–Kier alpha value is -3.42. The van der Waals surface area contributed by atoms with Gasteiger partial charge in [-0.25, -0.2) is 4.79 Å². The number of carboxylic acids is 1. The van der Waals surface area contributed by atoms with Crippen LogP contribution in [-0.4, -0.2) is 29.5 Å². The van der Waals surface area contributed by atoms with Gasteiger partial charge in [0, 0.05) is 21.8 Å². The van der Waals surface area contributed by atoms with E-state index in [0.717, 1.165) is 16.7 Å². The number of ether oxygens (including phenoxy) is 1. The van der Waals surface area contributed by atoms with E-state index in [4.69, 9.17) is 33.7 Å². The van der Waals surface area contributed by atoms with Gasteiger partial charge < -0.3 is 15.2 Å². The molecule has 0 spiro atoms. The van der Waals surface area contributed by atoms with Crippen LogP contribution in [0.1, 0.15) is 15.9 Å². The number of hydrazone groups is 1. The van der Waals surface area contributed by atoms with Crippen LogP contribution in [0.5, 0.6) is 5.75 Å². The molecule has 0 aliphatic heterocycles. The molecular formula is C22H18ClN3O3S. The van der Waals surface area contributed by atoms with Gasteiger partial charge in [-0.3, -0.25) is 5.43 Å². The predicted octanol–water partition coefficient (Wildman–Crippen LogP) is 5.03.